The zero-order valence-electron chi connectivity index (χ0n) is 11.5. The number of rotatable bonds is 6. The predicted octanol–water partition coefficient (Wildman–Crippen LogP) is 2.53. The number of aliphatic hydroxyl groups is 1. The summed E-state index contributed by atoms with van der Waals surface area (Å²) in [5.41, 5.74) is 8.08. The Hall–Kier alpha value is -2.04. The molecule has 0 aliphatic rings. The third kappa shape index (κ3) is 3.98. The highest BCUT2D eigenvalue weighted by Crippen LogP contribution is 2.17. The lowest BCUT2D eigenvalue weighted by Crippen LogP contribution is -2.07. The van der Waals surface area contributed by atoms with Gasteiger partial charge in [0.05, 0.1) is 20.3 Å². The first kappa shape index (κ1) is 14.4. The molecule has 20 heavy (non-hydrogen) atoms. The first-order valence-electron chi connectivity index (χ1n) is 6.43. The fraction of sp³-hybridized carbons (Fsp3) is 0.250. The molecule has 0 saturated heterocycles. The maximum absolute atomic E-state index is 10.0. The fourth-order valence-corrected chi connectivity index (χ4v) is 1.91. The van der Waals surface area contributed by atoms with Gasteiger partial charge in [0.2, 0.25) is 0 Å². The monoisotopic (exact) mass is 273 g/mol. The SMILES string of the molecule is COc1cccc(COCC(O)c2cccc(N)c2)c1. The molecule has 2 aromatic carbocycles. The molecule has 4 heteroatoms. The van der Waals surface area contributed by atoms with Gasteiger partial charge in [-0.3, -0.25) is 0 Å². The Labute approximate surface area is 118 Å². The van der Waals surface area contributed by atoms with Crippen LogP contribution in [0.4, 0.5) is 5.69 Å². The van der Waals surface area contributed by atoms with Crippen LogP contribution in [0.5, 0.6) is 5.75 Å². The van der Waals surface area contributed by atoms with Gasteiger partial charge in [-0.25, -0.2) is 0 Å². The summed E-state index contributed by atoms with van der Waals surface area (Å²) in [5, 5.41) is 10.0. The van der Waals surface area contributed by atoms with Crippen molar-refractivity contribution in [3.63, 3.8) is 0 Å². The number of aliphatic hydroxyl groups excluding tert-OH is 1. The fourth-order valence-electron chi connectivity index (χ4n) is 1.91. The van der Waals surface area contributed by atoms with E-state index >= 15 is 0 Å². The molecular formula is C16H19NO3. The molecule has 2 rings (SSSR count). The summed E-state index contributed by atoms with van der Waals surface area (Å²) in [6, 6.07) is 14.8. The van der Waals surface area contributed by atoms with Gasteiger partial charge in [0.15, 0.2) is 0 Å². The van der Waals surface area contributed by atoms with E-state index in [1.54, 1.807) is 19.2 Å². The van der Waals surface area contributed by atoms with Crippen LogP contribution in [0, 0.1) is 0 Å². The number of anilines is 1. The zero-order valence-corrected chi connectivity index (χ0v) is 11.5. The molecule has 0 aromatic heterocycles. The molecule has 0 spiro atoms. The number of benzene rings is 2. The average Bonchev–Trinajstić information content (AvgIpc) is 2.47. The summed E-state index contributed by atoms with van der Waals surface area (Å²) in [6.45, 7) is 0.650. The van der Waals surface area contributed by atoms with Gasteiger partial charge in [-0.05, 0) is 35.4 Å². The van der Waals surface area contributed by atoms with Crippen LogP contribution in [-0.2, 0) is 11.3 Å². The van der Waals surface area contributed by atoms with E-state index in [0.717, 1.165) is 16.9 Å². The first-order valence-corrected chi connectivity index (χ1v) is 6.43. The highest BCUT2D eigenvalue weighted by molar-refractivity contribution is 5.41. The zero-order chi connectivity index (χ0) is 14.4. The molecule has 106 valence electrons. The van der Waals surface area contributed by atoms with E-state index in [1.807, 2.05) is 36.4 Å². The van der Waals surface area contributed by atoms with Crippen molar-refractivity contribution in [2.75, 3.05) is 19.5 Å². The highest BCUT2D eigenvalue weighted by atomic mass is 16.5. The lowest BCUT2D eigenvalue weighted by molar-refractivity contribution is 0.0277. The van der Waals surface area contributed by atoms with Crippen LogP contribution in [0.3, 0.4) is 0 Å². The minimum atomic E-state index is -0.677. The van der Waals surface area contributed by atoms with Gasteiger partial charge in [0.1, 0.15) is 11.9 Å². The molecule has 4 nitrogen and oxygen atoms in total. The van der Waals surface area contributed by atoms with Crippen LogP contribution in [0.15, 0.2) is 48.5 Å². The second kappa shape index (κ2) is 6.93. The van der Waals surface area contributed by atoms with Crippen LogP contribution in [-0.4, -0.2) is 18.8 Å². The van der Waals surface area contributed by atoms with Crippen molar-refractivity contribution in [2.24, 2.45) is 0 Å². The molecule has 1 atom stereocenters. The van der Waals surface area contributed by atoms with Gasteiger partial charge in [0, 0.05) is 5.69 Å². The van der Waals surface area contributed by atoms with Crippen molar-refractivity contribution >= 4 is 5.69 Å². The number of hydrogen-bond acceptors (Lipinski definition) is 4. The third-order valence-corrected chi connectivity index (χ3v) is 2.97. The summed E-state index contributed by atoms with van der Waals surface area (Å²) in [6.07, 6.45) is -0.677. The Morgan fingerprint density at radius 3 is 2.70 bits per heavy atom. The number of hydrogen-bond donors (Lipinski definition) is 2. The Balaban J connectivity index is 1.86. The van der Waals surface area contributed by atoms with Gasteiger partial charge in [-0.1, -0.05) is 24.3 Å². The highest BCUT2D eigenvalue weighted by Gasteiger charge is 2.08. The molecule has 0 amide bonds. The van der Waals surface area contributed by atoms with Gasteiger partial charge in [-0.15, -0.1) is 0 Å². The van der Waals surface area contributed by atoms with E-state index in [0.29, 0.717) is 12.3 Å². The number of nitrogens with two attached hydrogens (primary N) is 1. The third-order valence-electron chi connectivity index (χ3n) is 2.97. The largest absolute Gasteiger partial charge is 0.497 e. The maximum atomic E-state index is 10.0. The topological polar surface area (TPSA) is 64.7 Å². The molecule has 0 heterocycles. The maximum Gasteiger partial charge on any atom is 0.119 e. The smallest absolute Gasteiger partial charge is 0.119 e. The van der Waals surface area contributed by atoms with Crippen molar-refractivity contribution in [2.45, 2.75) is 12.7 Å². The summed E-state index contributed by atoms with van der Waals surface area (Å²) in [7, 11) is 1.63. The summed E-state index contributed by atoms with van der Waals surface area (Å²) in [5.74, 6) is 0.794. The summed E-state index contributed by atoms with van der Waals surface area (Å²) in [4.78, 5) is 0. The quantitative estimate of drug-likeness (QED) is 0.794. The van der Waals surface area contributed by atoms with E-state index in [1.165, 1.54) is 0 Å². The number of methoxy groups -OCH3 is 1. The molecule has 0 saturated carbocycles. The Bertz CT molecular complexity index is 557. The van der Waals surface area contributed by atoms with E-state index in [2.05, 4.69) is 0 Å². The first-order chi connectivity index (χ1) is 9.69. The molecule has 0 aliphatic carbocycles. The van der Waals surface area contributed by atoms with Crippen molar-refractivity contribution in [1.82, 2.24) is 0 Å². The predicted molar refractivity (Wildman–Crippen MR) is 78.5 cm³/mol. The Kier molecular flexibility index (Phi) is 4.98. The lowest BCUT2D eigenvalue weighted by atomic mass is 10.1. The molecule has 2 aromatic rings. The molecule has 1 unspecified atom stereocenters. The van der Waals surface area contributed by atoms with Crippen LogP contribution in [0.25, 0.3) is 0 Å². The number of nitrogen functional groups attached to an aromatic ring is 1. The van der Waals surface area contributed by atoms with Crippen molar-refractivity contribution < 1.29 is 14.6 Å². The van der Waals surface area contributed by atoms with E-state index in [9.17, 15) is 5.11 Å². The van der Waals surface area contributed by atoms with Crippen LogP contribution >= 0.6 is 0 Å². The van der Waals surface area contributed by atoms with Crippen LogP contribution in [0.2, 0.25) is 0 Å². The summed E-state index contributed by atoms with van der Waals surface area (Å²) < 4.78 is 10.7. The summed E-state index contributed by atoms with van der Waals surface area (Å²) >= 11 is 0. The van der Waals surface area contributed by atoms with Crippen molar-refractivity contribution in [1.29, 1.82) is 0 Å². The Morgan fingerprint density at radius 2 is 1.95 bits per heavy atom. The standard InChI is InChI=1S/C16H19NO3/c1-19-15-7-2-4-12(8-15)10-20-11-16(18)13-5-3-6-14(17)9-13/h2-9,16,18H,10-11,17H2,1H3. The van der Waals surface area contributed by atoms with Crippen molar-refractivity contribution in [3.8, 4) is 5.75 Å². The van der Waals surface area contributed by atoms with Crippen LogP contribution < -0.4 is 10.5 Å². The van der Waals surface area contributed by atoms with Crippen LogP contribution in [0.1, 0.15) is 17.2 Å². The second-order valence-electron chi connectivity index (χ2n) is 4.55. The molecule has 0 fully saturated rings. The molecule has 0 aliphatic heterocycles. The van der Waals surface area contributed by atoms with E-state index in [-0.39, 0.29) is 6.61 Å². The van der Waals surface area contributed by atoms with Gasteiger partial charge in [-0.2, -0.15) is 0 Å². The molecule has 3 N–H and O–H groups in total. The van der Waals surface area contributed by atoms with Gasteiger partial charge in [0.25, 0.3) is 0 Å². The van der Waals surface area contributed by atoms with Gasteiger partial charge >= 0.3 is 0 Å². The van der Waals surface area contributed by atoms with E-state index in [4.69, 9.17) is 15.2 Å². The normalized spacial score (nSPS) is 12.1. The minimum absolute atomic E-state index is 0.223. The lowest BCUT2D eigenvalue weighted by Gasteiger charge is -2.12. The number of ether oxygens (including phenoxy) is 2. The minimum Gasteiger partial charge on any atom is -0.497 e. The second-order valence-corrected chi connectivity index (χ2v) is 4.55. The molecule has 0 bridgehead atoms. The molecular weight excluding hydrogens is 254 g/mol. The molecule has 0 radical (unpaired) electrons. The Morgan fingerprint density at radius 1 is 1.15 bits per heavy atom. The average molecular weight is 273 g/mol. The van der Waals surface area contributed by atoms with Gasteiger partial charge < -0.3 is 20.3 Å². The van der Waals surface area contributed by atoms with E-state index < -0.39 is 6.10 Å². The van der Waals surface area contributed by atoms with Crippen molar-refractivity contribution in [3.05, 3.63) is 59.7 Å².